The summed E-state index contributed by atoms with van der Waals surface area (Å²) >= 11 is 1.53. The van der Waals surface area contributed by atoms with E-state index in [4.69, 9.17) is 4.52 Å². The van der Waals surface area contributed by atoms with Gasteiger partial charge in [0.25, 0.3) is 5.91 Å². The number of rotatable bonds is 7. The maximum atomic E-state index is 12.9. The van der Waals surface area contributed by atoms with E-state index in [9.17, 15) is 4.79 Å². The summed E-state index contributed by atoms with van der Waals surface area (Å²) in [6.07, 6.45) is 1.48. The minimum atomic E-state index is -0.208. The normalized spacial score (nSPS) is 10.9. The quantitative estimate of drug-likeness (QED) is 0.606. The Labute approximate surface area is 163 Å². The number of carbonyl (C=O) groups is 1. The molecule has 2 aromatic heterocycles. The molecular formula is C18H23ClN4O2S. The summed E-state index contributed by atoms with van der Waals surface area (Å²) in [4.78, 5) is 21.5. The minimum absolute atomic E-state index is 0. The molecule has 0 aliphatic heterocycles. The van der Waals surface area contributed by atoms with Crippen molar-refractivity contribution in [1.82, 2.24) is 15.0 Å². The van der Waals surface area contributed by atoms with Gasteiger partial charge in [-0.2, -0.15) is 0 Å². The first kappa shape index (κ1) is 20.4. The summed E-state index contributed by atoms with van der Waals surface area (Å²) in [6.45, 7) is 9.51. The van der Waals surface area contributed by atoms with Crippen LogP contribution < -0.4 is 4.90 Å². The van der Waals surface area contributed by atoms with E-state index in [0.717, 1.165) is 29.9 Å². The number of aromatic nitrogens is 2. The average molecular weight is 395 g/mol. The van der Waals surface area contributed by atoms with Crippen LogP contribution >= 0.6 is 23.7 Å². The molecule has 0 saturated carbocycles. The number of hydrogen-bond donors (Lipinski definition) is 0. The molecule has 8 heteroatoms. The van der Waals surface area contributed by atoms with E-state index in [1.165, 1.54) is 23.1 Å². The molecule has 0 aliphatic rings. The number of fused-ring (bicyclic) bond motifs is 1. The van der Waals surface area contributed by atoms with Crippen LogP contribution in [0.3, 0.4) is 0 Å². The molecule has 0 unspecified atom stereocenters. The standard InChI is InChI=1S/C18H22N4O2S.ClH/c1-4-21(5-2)10-11-22(17(23)15-8-9-19-24-15)18-20-14-7-6-13(3)12-16(14)25-18;/h6-9,12H,4-5,10-11H2,1-3H3;1H. The van der Waals surface area contributed by atoms with Crippen LogP contribution in [0.1, 0.15) is 30.0 Å². The SMILES string of the molecule is CCN(CC)CCN(C(=O)c1ccno1)c1nc2ccc(C)cc2s1.Cl. The van der Waals surface area contributed by atoms with Crippen molar-refractivity contribution < 1.29 is 9.32 Å². The Morgan fingerprint density at radius 3 is 2.62 bits per heavy atom. The second-order valence-electron chi connectivity index (χ2n) is 5.83. The van der Waals surface area contributed by atoms with Gasteiger partial charge >= 0.3 is 0 Å². The van der Waals surface area contributed by atoms with Crippen molar-refractivity contribution in [3.05, 3.63) is 41.8 Å². The largest absolute Gasteiger partial charge is 0.351 e. The highest BCUT2D eigenvalue weighted by Gasteiger charge is 2.24. The topological polar surface area (TPSA) is 62.5 Å². The zero-order valence-corrected chi connectivity index (χ0v) is 16.8. The molecule has 3 rings (SSSR count). The van der Waals surface area contributed by atoms with Crippen molar-refractivity contribution in [3.8, 4) is 0 Å². The van der Waals surface area contributed by atoms with Gasteiger partial charge < -0.3 is 9.42 Å². The predicted molar refractivity (Wildman–Crippen MR) is 108 cm³/mol. The van der Waals surface area contributed by atoms with Crippen LogP contribution in [0.25, 0.3) is 10.2 Å². The van der Waals surface area contributed by atoms with Crippen molar-refractivity contribution in [3.63, 3.8) is 0 Å². The van der Waals surface area contributed by atoms with Gasteiger partial charge in [0.05, 0.1) is 16.4 Å². The fraction of sp³-hybridized carbons (Fsp3) is 0.389. The molecular weight excluding hydrogens is 372 g/mol. The second kappa shape index (κ2) is 9.12. The van der Waals surface area contributed by atoms with Gasteiger partial charge in [-0.05, 0) is 37.7 Å². The number of halogens is 1. The molecule has 0 spiro atoms. The number of hydrogen-bond acceptors (Lipinski definition) is 6. The summed E-state index contributed by atoms with van der Waals surface area (Å²) < 4.78 is 6.15. The van der Waals surface area contributed by atoms with Gasteiger partial charge in [-0.1, -0.05) is 36.4 Å². The van der Waals surface area contributed by atoms with E-state index in [1.807, 2.05) is 12.1 Å². The Bertz CT molecular complexity index is 846. The predicted octanol–water partition coefficient (Wildman–Crippen LogP) is 4.00. The van der Waals surface area contributed by atoms with Gasteiger partial charge in [-0.3, -0.25) is 9.69 Å². The van der Waals surface area contributed by atoms with Crippen LogP contribution in [0.15, 0.2) is 35.0 Å². The van der Waals surface area contributed by atoms with Gasteiger partial charge in [-0.15, -0.1) is 12.4 Å². The molecule has 0 fully saturated rings. The van der Waals surface area contributed by atoms with Gasteiger partial charge in [0.15, 0.2) is 5.13 Å². The van der Waals surface area contributed by atoms with Gasteiger partial charge in [-0.25, -0.2) is 4.98 Å². The van der Waals surface area contributed by atoms with Crippen molar-refractivity contribution >= 4 is 45.0 Å². The lowest BCUT2D eigenvalue weighted by Crippen LogP contribution is -2.38. The number of anilines is 1. The number of likely N-dealkylation sites (N-methyl/N-ethyl adjacent to an activating group) is 1. The monoisotopic (exact) mass is 394 g/mol. The maximum absolute atomic E-state index is 12.9. The number of benzene rings is 1. The molecule has 0 N–H and O–H groups in total. The van der Waals surface area contributed by atoms with E-state index in [-0.39, 0.29) is 24.1 Å². The highest BCUT2D eigenvalue weighted by molar-refractivity contribution is 7.22. The second-order valence-corrected chi connectivity index (χ2v) is 6.84. The molecule has 1 amide bonds. The number of aryl methyl sites for hydroxylation is 1. The molecule has 1 aromatic carbocycles. The molecule has 0 radical (unpaired) electrons. The maximum Gasteiger partial charge on any atom is 0.298 e. The molecule has 0 bridgehead atoms. The molecule has 0 aliphatic carbocycles. The van der Waals surface area contributed by atoms with Crippen molar-refractivity contribution in [2.24, 2.45) is 0 Å². The molecule has 26 heavy (non-hydrogen) atoms. The van der Waals surface area contributed by atoms with Crippen molar-refractivity contribution in [2.45, 2.75) is 20.8 Å². The van der Waals surface area contributed by atoms with Crippen LogP contribution in [-0.2, 0) is 0 Å². The highest BCUT2D eigenvalue weighted by Crippen LogP contribution is 2.30. The average Bonchev–Trinajstić information content (AvgIpc) is 3.27. The minimum Gasteiger partial charge on any atom is -0.351 e. The Morgan fingerprint density at radius 1 is 1.19 bits per heavy atom. The first-order valence-electron chi connectivity index (χ1n) is 8.44. The van der Waals surface area contributed by atoms with Crippen LogP contribution in [0.2, 0.25) is 0 Å². The lowest BCUT2D eigenvalue weighted by molar-refractivity contribution is 0.0948. The van der Waals surface area contributed by atoms with Crippen LogP contribution in [0.5, 0.6) is 0 Å². The fourth-order valence-electron chi connectivity index (χ4n) is 2.66. The zero-order valence-electron chi connectivity index (χ0n) is 15.1. The smallest absolute Gasteiger partial charge is 0.298 e. The molecule has 6 nitrogen and oxygen atoms in total. The third-order valence-corrected chi connectivity index (χ3v) is 5.23. The van der Waals surface area contributed by atoms with E-state index in [2.05, 4.69) is 41.9 Å². The lowest BCUT2D eigenvalue weighted by atomic mass is 10.2. The molecule has 0 atom stereocenters. The Morgan fingerprint density at radius 2 is 1.96 bits per heavy atom. The third-order valence-electron chi connectivity index (χ3n) is 4.19. The van der Waals surface area contributed by atoms with E-state index >= 15 is 0 Å². The Balaban J connectivity index is 0.00000243. The van der Waals surface area contributed by atoms with Gasteiger partial charge in [0, 0.05) is 19.2 Å². The Kier molecular flexibility index (Phi) is 7.14. The molecule has 2 heterocycles. The van der Waals surface area contributed by atoms with Crippen LogP contribution in [0, 0.1) is 6.92 Å². The van der Waals surface area contributed by atoms with Gasteiger partial charge in [0.1, 0.15) is 0 Å². The Hall–Kier alpha value is -1.96. The molecule has 140 valence electrons. The molecule has 3 aromatic rings. The number of nitrogens with zero attached hydrogens (tertiary/aromatic N) is 4. The summed E-state index contributed by atoms with van der Waals surface area (Å²) in [6, 6.07) is 7.71. The van der Waals surface area contributed by atoms with Crippen molar-refractivity contribution in [2.75, 3.05) is 31.1 Å². The summed E-state index contributed by atoms with van der Waals surface area (Å²) in [7, 11) is 0. The summed E-state index contributed by atoms with van der Waals surface area (Å²) in [5.41, 5.74) is 2.09. The first-order chi connectivity index (χ1) is 12.1. The van der Waals surface area contributed by atoms with Crippen LogP contribution in [-0.4, -0.2) is 47.1 Å². The van der Waals surface area contributed by atoms with E-state index in [0.29, 0.717) is 11.7 Å². The fourth-order valence-corrected chi connectivity index (χ4v) is 3.75. The third kappa shape index (κ3) is 4.41. The van der Waals surface area contributed by atoms with E-state index in [1.54, 1.807) is 11.0 Å². The number of amides is 1. The number of carbonyl (C=O) groups excluding carboxylic acids is 1. The van der Waals surface area contributed by atoms with E-state index < -0.39 is 0 Å². The number of thiazole rings is 1. The summed E-state index contributed by atoms with van der Waals surface area (Å²) in [5, 5.41) is 4.34. The van der Waals surface area contributed by atoms with Crippen LogP contribution in [0.4, 0.5) is 5.13 Å². The zero-order chi connectivity index (χ0) is 17.8. The summed E-state index contributed by atoms with van der Waals surface area (Å²) in [5.74, 6) is 0.0235. The molecule has 0 saturated heterocycles. The van der Waals surface area contributed by atoms with Crippen molar-refractivity contribution in [1.29, 1.82) is 0 Å². The highest BCUT2D eigenvalue weighted by atomic mass is 35.5. The lowest BCUT2D eigenvalue weighted by Gasteiger charge is -2.23. The first-order valence-corrected chi connectivity index (χ1v) is 9.26. The van der Waals surface area contributed by atoms with Gasteiger partial charge in [0.2, 0.25) is 5.76 Å².